The van der Waals surface area contributed by atoms with E-state index < -0.39 is 11.8 Å². The van der Waals surface area contributed by atoms with Crippen molar-refractivity contribution in [3.05, 3.63) is 63.6 Å². The van der Waals surface area contributed by atoms with Crippen molar-refractivity contribution < 1.29 is 19.1 Å². The molecular weight excluding hydrogens is 429 g/mol. The number of amides is 2. The van der Waals surface area contributed by atoms with Crippen LogP contribution in [0.2, 0.25) is 10.0 Å². The summed E-state index contributed by atoms with van der Waals surface area (Å²) in [7, 11) is 0. The molecule has 0 saturated carbocycles. The largest absolute Gasteiger partial charge is 0.489 e. The average molecular weight is 450 g/mol. The summed E-state index contributed by atoms with van der Waals surface area (Å²) in [4.78, 5) is 23.6. The fraction of sp³-hybridized carbons (Fsp3) is 0.286. The van der Waals surface area contributed by atoms with Gasteiger partial charge in [-0.2, -0.15) is 5.10 Å². The molecule has 1 heterocycles. The van der Waals surface area contributed by atoms with Gasteiger partial charge in [-0.05, 0) is 42.7 Å². The van der Waals surface area contributed by atoms with Gasteiger partial charge in [-0.1, -0.05) is 41.4 Å². The number of hydrogen-bond donors (Lipinski definition) is 2. The molecule has 3 rings (SSSR count). The second kappa shape index (κ2) is 11.0. The summed E-state index contributed by atoms with van der Waals surface area (Å²) in [5.74, 6) is -0.987. The van der Waals surface area contributed by atoms with Gasteiger partial charge in [0.05, 0.1) is 12.3 Å². The maximum atomic E-state index is 11.8. The Morgan fingerprint density at radius 1 is 1.20 bits per heavy atom. The lowest BCUT2D eigenvalue weighted by atomic mass is 10.2. The standard InChI is InChI=1S/C21H21Cl2N3O4/c22-16-7-6-15(19(23)10-16)13-30-17-4-1-3-14(9-17)11-25-26-21(28)20(27)24-12-18-5-2-8-29-18/h1,3-4,6-7,9-11,18H,2,5,8,12-13H2,(H,24,27)(H,26,28)/b25-11-/t18-/m1/s1. The molecule has 2 aromatic carbocycles. The zero-order chi connectivity index (χ0) is 21.3. The first-order valence-electron chi connectivity index (χ1n) is 9.41. The van der Waals surface area contributed by atoms with E-state index in [1.165, 1.54) is 6.21 Å². The Balaban J connectivity index is 1.47. The van der Waals surface area contributed by atoms with Crippen LogP contribution in [0.15, 0.2) is 47.6 Å². The van der Waals surface area contributed by atoms with Crippen LogP contribution in [0.3, 0.4) is 0 Å². The van der Waals surface area contributed by atoms with Crippen LogP contribution < -0.4 is 15.5 Å². The average Bonchev–Trinajstić information content (AvgIpc) is 3.25. The van der Waals surface area contributed by atoms with Crippen molar-refractivity contribution in [2.45, 2.75) is 25.6 Å². The smallest absolute Gasteiger partial charge is 0.329 e. The second-order valence-electron chi connectivity index (χ2n) is 6.64. The molecule has 2 aromatic rings. The highest BCUT2D eigenvalue weighted by molar-refractivity contribution is 6.35. The number of nitrogens with zero attached hydrogens (tertiary/aromatic N) is 1. The zero-order valence-electron chi connectivity index (χ0n) is 16.1. The van der Waals surface area contributed by atoms with Crippen LogP contribution in [0.5, 0.6) is 5.75 Å². The summed E-state index contributed by atoms with van der Waals surface area (Å²) < 4.78 is 11.1. The maximum absolute atomic E-state index is 11.8. The van der Waals surface area contributed by atoms with E-state index >= 15 is 0 Å². The minimum Gasteiger partial charge on any atom is -0.489 e. The molecule has 0 unspecified atom stereocenters. The third kappa shape index (κ3) is 6.73. The van der Waals surface area contributed by atoms with Crippen molar-refractivity contribution >= 4 is 41.2 Å². The van der Waals surface area contributed by atoms with Gasteiger partial charge >= 0.3 is 11.8 Å². The Labute approximate surface area is 184 Å². The van der Waals surface area contributed by atoms with Gasteiger partial charge in [0.2, 0.25) is 0 Å². The summed E-state index contributed by atoms with van der Waals surface area (Å²) >= 11 is 12.0. The molecule has 158 valence electrons. The topological polar surface area (TPSA) is 89.0 Å². The predicted molar refractivity (Wildman–Crippen MR) is 115 cm³/mol. The van der Waals surface area contributed by atoms with Crippen molar-refractivity contribution in [1.82, 2.24) is 10.7 Å². The fourth-order valence-corrected chi connectivity index (χ4v) is 3.26. The molecule has 9 heteroatoms. The van der Waals surface area contributed by atoms with Crippen molar-refractivity contribution in [3.8, 4) is 5.75 Å². The minimum atomic E-state index is -0.839. The Kier molecular flexibility index (Phi) is 8.07. The van der Waals surface area contributed by atoms with Crippen LogP contribution in [0.1, 0.15) is 24.0 Å². The number of rotatable bonds is 7. The summed E-state index contributed by atoms with van der Waals surface area (Å²) in [6.07, 6.45) is 3.23. The predicted octanol–water partition coefficient (Wildman–Crippen LogP) is 3.32. The van der Waals surface area contributed by atoms with E-state index in [2.05, 4.69) is 15.8 Å². The molecule has 2 N–H and O–H groups in total. The first-order valence-corrected chi connectivity index (χ1v) is 10.2. The Bertz CT molecular complexity index is 930. The molecule has 7 nitrogen and oxygen atoms in total. The highest BCUT2D eigenvalue weighted by Gasteiger charge is 2.18. The first-order chi connectivity index (χ1) is 14.5. The van der Waals surface area contributed by atoms with E-state index in [4.69, 9.17) is 32.7 Å². The van der Waals surface area contributed by atoms with Crippen LogP contribution >= 0.6 is 23.2 Å². The molecule has 1 fully saturated rings. The van der Waals surface area contributed by atoms with Crippen LogP contribution in [-0.2, 0) is 20.9 Å². The third-order valence-electron chi connectivity index (χ3n) is 4.37. The summed E-state index contributed by atoms with van der Waals surface area (Å²) in [5, 5.41) is 7.44. The van der Waals surface area contributed by atoms with E-state index in [0.29, 0.717) is 34.5 Å². The van der Waals surface area contributed by atoms with Gasteiger partial charge in [-0.15, -0.1) is 0 Å². The molecule has 0 spiro atoms. The van der Waals surface area contributed by atoms with Crippen molar-refractivity contribution in [1.29, 1.82) is 0 Å². The summed E-state index contributed by atoms with van der Waals surface area (Å²) in [6.45, 7) is 1.28. The molecule has 0 aliphatic carbocycles. The van der Waals surface area contributed by atoms with Crippen LogP contribution in [-0.4, -0.2) is 37.3 Å². The molecule has 30 heavy (non-hydrogen) atoms. The van der Waals surface area contributed by atoms with Crippen LogP contribution in [0.25, 0.3) is 0 Å². The third-order valence-corrected chi connectivity index (χ3v) is 4.95. The molecular formula is C21H21Cl2N3O4. The molecule has 1 saturated heterocycles. The van der Waals surface area contributed by atoms with Gasteiger partial charge in [0.1, 0.15) is 12.4 Å². The Morgan fingerprint density at radius 3 is 2.83 bits per heavy atom. The Morgan fingerprint density at radius 2 is 2.07 bits per heavy atom. The molecule has 0 radical (unpaired) electrons. The monoisotopic (exact) mass is 449 g/mol. The van der Waals surface area contributed by atoms with Gasteiger partial charge in [0, 0.05) is 28.8 Å². The van der Waals surface area contributed by atoms with Crippen molar-refractivity contribution in [3.63, 3.8) is 0 Å². The number of benzene rings is 2. The number of hydrogen-bond acceptors (Lipinski definition) is 5. The lowest BCUT2D eigenvalue weighted by Gasteiger charge is -2.09. The SMILES string of the molecule is O=C(NC[C@H]1CCCO1)C(=O)N/N=C\c1cccc(OCc2ccc(Cl)cc2Cl)c1. The number of halogens is 2. The van der Waals surface area contributed by atoms with Gasteiger partial charge in [0.15, 0.2) is 0 Å². The second-order valence-corrected chi connectivity index (χ2v) is 7.48. The molecule has 0 aromatic heterocycles. The molecule has 1 aliphatic heterocycles. The number of hydrazone groups is 1. The molecule has 0 bridgehead atoms. The van der Waals surface area contributed by atoms with E-state index in [0.717, 1.165) is 18.4 Å². The maximum Gasteiger partial charge on any atom is 0.329 e. The number of carbonyl (C=O) groups is 2. The zero-order valence-corrected chi connectivity index (χ0v) is 17.6. The quantitative estimate of drug-likeness (QED) is 0.385. The number of ether oxygens (including phenoxy) is 2. The molecule has 2 amide bonds. The first kappa shape index (κ1) is 22.1. The number of carbonyl (C=O) groups excluding carboxylic acids is 2. The van der Waals surface area contributed by atoms with E-state index in [9.17, 15) is 9.59 Å². The van der Waals surface area contributed by atoms with Gasteiger partial charge < -0.3 is 14.8 Å². The van der Waals surface area contributed by atoms with E-state index in [-0.39, 0.29) is 12.7 Å². The van der Waals surface area contributed by atoms with E-state index in [1.54, 1.807) is 42.5 Å². The fourth-order valence-electron chi connectivity index (χ4n) is 2.79. The lowest BCUT2D eigenvalue weighted by molar-refractivity contribution is -0.139. The Hall–Kier alpha value is -2.61. The van der Waals surface area contributed by atoms with Gasteiger partial charge in [-0.25, -0.2) is 5.43 Å². The molecule has 1 atom stereocenters. The summed E-state index contributed by atoms with van der Waals surface area (Å²) in [5.41, 5.74) is 3.70. The highest BCUT2D eigenvalue weighted by atomic mass is 35.5. The van der Waals surface area contributed by atoms with Gasteiger partial charge in [-0.3, -0.25) is 9.59 Å². The lowest BCUT2D eigenvalue weighted by Crippen LogP contribution is -2.41. The molecule has 1 aliphatic rings. The van der Waals surface area contributed by atoms with E-state index in [1.807, 2.05) is 0 Å². The van der Waals surface area contributed by atoms with Crippen molar-refractivity contribution in [2.24, 2.45) is 5.10 Å². The summed E-state index contributed by atoms with van der Waals surface area (Å²) in [6, 6.07) is 12.3. The normalized spacial score (nSPS) is 15.9. The highest BCUT2D eigenvalue weighted by Crippen LogP contribution is 2.23. The van der Waals surface area contributed by atoms with Crippen LogP contribution in [0, 0.1) is 0 Å². The van der Waals surface area contributed by atoms with Crippen LogP contribution in [0.4, 0.5) is 0 Å². The van der Waals surface area contributed by atoms with Gasteiger partial charge in [0.25, 0.3) is 0 Å². The van der Waals surface area contributed by atoms with Crippen molar-refractivity contribution in [2.75, 3.05) is 13.2 Å². The number of nitrogens with one attached hydrogen (secondary N) is 2. The minimum absolute atomic E-state index is 0.0317.